The Morgan fingerprint density at radius 3 is 2.90 bits per heavy atom. The van der Waals surface area contributed by atoms with E-state index in [1.165, 1.54) is 11.8 Å². The number of nitrogens with zero attached hydrogens (tertiary/aromatic N) is 1. The zero-order valence-electron chi connectivity index (χ0n) is 10.8. The highest BCUT2D eigenvalue weighted by Gasteiger charge is 2.24. The summed E-state index contributed by atoms with van der Waals surface area (Å²) in [7, 11) is -3.68. The monoisotopic (exact) mass is 314 g/mol. The second-order valence-corrected chi connectivity index (χ2v) is 7.00. The van der Waals surface area contributed by atoms with Crippen molar-refractivity contribution >= 4 is 38.6 Å². The van der Waals surface area contributed by atoms with Crippen molar-refractivity contribution in [3.8, 4) is 0 Å². The molecule has 1 heterocycles. The summed E-state index contributed by atoms with van der Waals surface area (Å²) in [6.45, 7) is 1.82. The Kier molecular flexibility index (Phi) is 4.34. The van der Waals surface area contributed by atoms with Crippen molar-refractivity contribution in [2.24, 2.45) is 4.40 Å². The molecule has 108 valence electrons. The summed E-state index contributed by atoms with van der Waals surface area (Å²) in [6, 6.07) is 5.10. The molecule has 0 aromatic heterocycles. The highest BCUT2D eigenvalue weighted by molar-refractivity contribution is 8.14. The molecule has 0 atom stereocenters. The first kappa shape index (κ1) is 14.9. The largest absolute Gasteiger partial charge is 0.481 e. The van der Waals surface area contributed by atoms with Gasteiger partial charge < -0.3 is 10.4 Å². The van der Waals surface area contributed by atoms with Crippen LogP contribution in [0.1, 0.15) is 18.4 Å². The number of thioether (sulfide) groups is 1. The molecule has 2 rings (SSSR count). The van der Waals surface area contributed by atoms with Crippen LogP contribution < -0.4 is 5.32 Å². The number of benzene rings is 1. The first-order valence-electron chi connectivity index (χ1n) is 5.96. The van der Waals surface area contributed by atoms with Gasteiger partial charge in [0, 0.05) is 12.2 Å². The van der Waals surface area contributed by atoms with Crippen LogP contribution in [0.25, 0.3) is 0 Å². The second kappa shape index (κ2) is 5.84. The predicted octanol–water partition coefficient (Wildman–Crippen LogP) is 2.06. The average Bonchev–Trinajstić information content (AvgIpc) is 2.35. The fraction of sp³-hybridized carbons (Fsp3) is 0.333. The zero-order chi connectivity index (χ0) is 14.8. The second-order valence-electron chi connectivity index (χ2n) is 4.34. The van der Waals surface area contributed by atoms with Crippen LogP contribution >= 0.6 is 11.8 Å². The molecular weight excluding hydrogens is 300 g/mol. The lowest BCUT2D eigenvalue weighted by atomic mass is 10.2. The number of hydrogen-bond donors (Lipinski definition) is 2. The molecule has 1 aliphatic heterocycles. The number of carboxylic acids is 1. The molecule has 0 saturated carbocycles. The van der Waals surface area contributed by atoms with Crippen LogP contribution in [0, 0.1) is 6.92 Å². The maximum absolute atomic E-state index is 12.0. The van der Waals surface area contributed by atoms with E-state index in [0.29, 0.717) is 17.9 Å². The van der Waals surface area contributed by atoms with Crippen LogP contribution in [-0.4, -0.2) is 30.4 Å². The number of hydrogen-bond acceptors (Lipinski definition) is 5. The Morgan fingerprint density at radius 2 is 2.20 bits per heavy atom. The third-order valence-electron chi connectivity index (χ3n) is 2.63. The van der Waals surface area contributed by atoms with Crippen LogP contribution in [0.3, 0.4) is 0 Å². The molecule has 8 heteroatoms. The molecule has 0 unspecified atom stereocenters. The lowest BCUT2D eigenvalue weighted by Gasteiger charge is -2.17. The maximum Gasteiger partial charge on any atom is 0.303 e. The molecule has 1 aromatic carbocycles. The predicted molar refractivity (Wildman–Crippen MR) is 78.8 cm³/mol. The minimum atomic E-state index is -3.68. The van der Waals surface area contributed by atoms with E-state index >= 15 is 0 Å². The number of nitrogens with one attached hydrogen (secondary N) is 1. The molecule has 1 aliphatic rings. The fourth-order valence-electron chi connectivity index (χ4n) is 1.70. The number of fused-ring (bicyclic) bond motifs is 1. The topological polar surface area (TPSA) is 95.8 Å². The number of carboxylic acid groups (broad SMARTS) is 1. The van der Waals surface area contributed by atoms with Crippen LogP contribution in [0.15, 0.2) is 27.5 Å². The van der Waals surface area contributed by atoms with Gasteiger partial charge in [-0.05, 0) is 31.0 Å². The van der Waals surface area contributed by atoms with Crippen LogP contribution in [0.5, 0.6) is 0 Å². The number of carbonyl (C=O) groups is 1. The minimum absolute atomic E-state index is 0.0583. The summed E-state index contributed by atoms with van der Waals surface area (Å²) < 4.78 is 27.8. The summed E-state index contributed by atoms with van der Waals surface area (Å²) in [5.74, 6) is -0.368. The number of aryl methyl sites for hydroxylation is 1. The number of sulfonamides is 1. The quantitative estimate of drug-likeness (QED) is 0.826. The van der Waals surface area contributed by atoms with E-state index in [1.54, 1.807) is 12.1 Å². The number of anilines is 1. The molecule has 6 nitrogen and oxygen atoms in total. The minimum Gasteiger partial charge on any atom is -0.481 e. The van der Waals surface area contributed by atoms with Crippen molar-refractivity contribution in [2.45, 2.75) is 24.7 Å². The van der Waals surface area contributed by atoms with Gasteiger partial charge in [0.15, 0.2) is 5.17 Å². The lowest BCUT2D eigenvalue weighted by Crippen LogP contribution is -2.19. The molecule has 20 heavy (non-hydrogen) atoms. The number of amidine groups is 1. The highest BCUT2D eigenvalue weighted by Crippen LogP contribution is 2.30. The zero-order valence-corrected chi connectivity index (χ0v) is 12.4. The van der Waals surface area contributed by atoms with Crippen LogP contribution in [0.4, 0.5) is 5.69 Å². The summed E-state index contributed by atoms with van der Waals surface area (Å²) in [6.07, 6.45) is 0.518. The van der Waals surface area contributed by atoms with E-state index in [9.17, 15) is 13.2 Å². The van der Waals surface area contributed by atoms with Gasteiger partial charge in [-0.3, -0.25) is 4.79 Å². The van der Waals surface area contributed by atoms with Gasteiger partial charge in [-0.2, -0.15) is 8.42 Å². The summed E-state index contributed by atoms with van der Waals surface area (Å²) in [5, 5.41) is 11.8. The van der Waals surface area contributed by atoms with E-state index in [2.05, 4.69) is 9.71 Å². The van der Waals surface area contributed by atoms with E-state index in [-0.39, 0.29) is 16.5 Å². The van der Waals surface area contributed by atoms with Gasteiger partial charge in [-0.25, -0.2) is 0 Å². The summed E-state index contributed by atoms with van der Waals surface area (Å²) in [5.41, 5.74) is 1.35. The van der Waals surface area contributed by atoms with Crippen molar-refractivity contribution in [3.63, 3.8) is 0 Å². The van der Waals surface area contributed by atoms with Gasteiger partial charge in [0.05, 0.1) is 5.69 Å². The normalized spacial score (nSPS) is 15.9. The molecule has 2 N–H and O–H groups in total. The first-order valence-corrected chi connectivity index (χ1v) is 8.38. The third kappa shape index (κ3) is 3.51. The summed E-state index contributed by atoms with van der Waals surface area (Å²) in [4.78, 5) is 10.6. The molecule has 0 bridgehead atoms. The Balaban J connectivity index is 2.10. The van der Waals surface area contributed by atoms with Gasteiger partial charge in [-0.1, -0.05) is 17.8 Å². The van der Waals surface area contributed by atoms with Gasteiger partial charge in [0.1, 0.15) is 4.90 Å². The van der Waals surface area contributed by atoms with Gasteiger partial charge in [-0.15, -0.1) is 4.40 Å². The fourth-order valence-corrected chi connectivity index (χ4v) is 3.96. The molecular formula is C12H14N2O4S2. The molecule has 0 saturated heterocycles. The van der Waals surface area contributed by atoms with Gasteiger partial charge in [0.2, 0.25) is 0 Å². The third-order valence-corrected chi connectivity index (χ3v) is 5.03. The van der Waals surface area contributed by atoms with E-state index in [1.807, 2.05) is 13.0 Å². The molecule has 1 aromatic rings. The number of aliphatic carboxylic acids is 1. The van der Waals surface area contributed by atoms with Crippen molar-refractivity contribution < 1.29 is 18.3 Å². The number of rotatable bonds is 4. The van der Waals surface area contributed by atoms with Crippen molar-refractivity contribution in [1.29, 1.82) is 0 Å². The van der Waals surface area contributed by atoms with Crippen LogP contribution in [-0.2, 0) is 14.8 Å². The van der Waals surface area contributed by atoms with Crippen molar-refractivity contribution in [1.82, 2.24) is 0 Å². The molecule has 0 aliphatic carbocycles. The molecule has 0 fully saturated rings. The van der Waals surface area contributed by atoms with E-state index < -0.39 is 16.0 Å². The maximum atomic E-state index is 12.0. The Labute approximate surface area is 121 Å². The standard InChI is InChI=1S/C12H14N2O4S2/c1-8-4-5-9-10(7-8)20(17,18)14-12(13-9)19-6-2-3-11(15)16/h4-5,7H,2-3,6H2,1H3,(H,13,14)(H,15,16). The van der Waals surface area contributed by atoms with E-state index in [4.69, 9.17) is 5.11 Å². The lowest BCUT2D eigenvalue weighted by molar-refractivity contribution is -0.137. The Morgan fingerprint density at radius 1 is 1.45 bits per heavy atom. The molecule has 0 radical (unpaired) electrons. The SMILES string of the molecule is Cc1ccc2c(c1)S(=O)(=O)N=C(SCCCC(=O)O)N2. The Hall–Kier alpha value is -1.54. The van der Waals surface area contributed by atoms with E-state index in [0.717, 1.165) is 5.56 Å². The highest BCUT2D eigenvalue weighted by atomic mass is 32.2. The van der Waals surface area contributed by atoms with Crippen LogP contribution in [0.2, 0.25) is 0 Å². The summed E-state index contributed by atoms with van der Waals surface area (Å²) >= 11 is 1.21. The van der Waals surface area contributed by atoms with Gasteiger partial charge >= 0.3 is 5.97 Å². The van der Waals surface area contributed by atoms with Crippen molar-refractivity contribution in [2.75, 3.05) is 11.1 Å². The smallest absolute Gasteiger partial charge is 0.303 e. The molecule has 0 amide bonds. The van der Waals surface area contributed by atoms with Gasteiger partial charge in [0.25, 0.3) is 10.0 Å². The van der Waals surface area contributed by atoms with Crippen molar-refractivity contribution in [3.05, 3.63) is 23.8 Å². The average molecular weight is 314 g/mol. The molecule has 0 spiro atoms. The Bertz CT molecular complexity index is 668. The first-order chi connectivity index (χ1) is 9.38.